The Kier molecular flexibility index (Phi) is 5.61. The van der Waals surface area contributed by atoms with E-state index in [1.807, 2.05) is 4.90 Å². The fourth-order valence-corrected chi connectivity index (χ4v) is 5.11. The van der Waals surface area contributed by atoms with Gasteiger partial charge >= 0.3 is 5.69 Å². The average Bonchev–Trinajstić information content (AvgIpc) is 3.29. The van der Waals surface area contributed by atoms with Gasteiger partial charge in [-0.2, -0.15) is 9.94 Å². The van der Waals surface area contributed by atoms with E-state index in [4.69, 9.17) is 15.5 Å². The van der Waals surface area contributed by atoms with Gasteiger partial charge in [-0.1, -0.05) is 0 Å². The number of benzene rings is 1. The van der Waals surface area contributed by atoms with Gasteiger partial charge in [0.25, 0.3) is 5.56 Å². The van der Waals surface area contributed by atoms with Gasteiger partial charge in [0.1, 0.15) is 12.1 Å². The quantitative estimate of drug-likeness (QED) is 0.396. The molecule has 2 aliphatic rings. The van der Waals surface area contributed by atoms with E-state index in [1.165, 1.54) is 12.3 Å². The predicted octanol–water partition coefficient (Wildman–Crippen LogP) is 1.72. The molecule has 1 aromatic carbocycles. The maximum atomic E-state index is 15.4. The summed E-state index contributed by atoms with van der Waals surface area (Å²) >= 11 is 0. The molecule has 2 atom stereocenters. The number of nitrogen functional groups attached to an aromatic ring is 1. The molecule has 1 saturated heterocycles. The number of hydrogen-bond acceptors (Lipinski definition) is 8. The zero-order valence-electron chi connectivity index (χ0n) is 18.8. The second kappa shape index (κ2) is 8.61. The van der Waals surface area contributed by atoms with E-state index >= 15 is 4.39 Å². The van der Waals surface area contributed by atoms with E-state index in [9.17, 15) is 9.59 Å². The van der Waals surface area contributed by atoms with E-state index in [0.717, 1.165) is 19.3 Å². The van der Waals surface area contributed by atoms with Crippen molar-refractivity contribution in [3.8, 4) is 6.07 Å². The van der Waals surface area contributed by atoms with Crippen LogP contribution >= 0.6 is 0 Å². The molecular formula is C23H26FN7O3. The second-order valence-corrected chi connectivity index (χ2v) is 8.99. The van der Waals surface area contributed by atoms with Crippen molar-refractivity contribution in [2.45, 2.75) is 44.7 Å². The molecular weight excluding hydrogens is 441 g/mol. The maximum Gasteiger partial charge on any atom is 0.350 e. The molecule has 5 rings (SSSR count). The van der Waals surface area contributed by atoms with Crippen LogP contribution in [-0.4, -0.2) is 33.9 Å². The van der Waals surface area contributed by atoms with Crippen LogP contribution in [0, 0.1) is 30.0 Å². The average molecular weight is 468 g/mol. The molecule has 2 fully saturated rings. The highest BCUT2D eigenvalue weighted by Crippen LogP contribution is 2.40. The Morgan fingerprint density at radius 3 is 2.85 bits per heavy atom. The molecule has 11 heteroatoms. The van der Waals surface area contributed by atoms with Gasteiger partial charge in [-0.3, -0.25) is 9.36 Å². The van der Waals surface area contributed by atoms with E-state index in [-0.39, 0.29) is 23.4 Å². The third-order valence-corrected chi connectivity index (χ3v) is 6.81. The predicted molar refractivity (Wildman–Crippen MR) is 123 cm³/mol. The van der Waals surface area contributed by atoms with Crippen molar-refractivity contribution in [3.63, 3.8) is 0 Å². The summed E-state index contributed by atoms with van der Waals surface area (Å²) in [7, 11) is 0. The Morgan fingerprint density at radius 1 is 1.38 bits per heavy atom. The molecule has 3 heterocycles. The summed E-state index contributed by atoms with van der Waals surface area (Å²) in [5.41, 5.74) is 0.125. The molecule has 0 spiro atoms. The van der Waals surface area contributed by atoms with Crippen LogP contribution < -0.4 is 27.3 Å². The summed E-state index contributed by atoms with van der Waals surface area (Å²) in [6.07, 6.45) is 5.83. The summed E-state index contributed by atoms with van der Waals surface area (Å²) in [4.78, 5) is 31.7. The highest BCUT2D eigenvalue weighted by atomic mass is 19.1. The molecule has 3 N–H and O–H groups in total. The first-order valence-corrected chi connectivity index (χ1v) is 11.4. The van der Waals surface area contributed by atoms with Gasteiger partial charge in [0.15, 0.2) is 0 Å². The Labute approximate surface area is 194 Å². The lowest BCUT2D eigenvalue weighted by Crippen LogP contribution is -2.44. The number of aryl methyl sites for hydroxylation is 1. The van der Waals surface area contributed by atoms with Crippen LogP contribution in [0.15, 0.2) is 32.5 Å². The fourth-order valence-electron chi connectivity index (χ4n) is 5.11. The zero-order valence-corrected chi connectivity index (χ0v) is 18.8. The lowest BCUT2D eigenvalue weighted by Gasteiger charge is -2.26. The van der Waals surface area contributed by atoms with Gasteiger partial charge in [0, 0.05) is 43.6 Å². The fraction of sp³-hybridized carbons (Fsp3) is 0.478. The van der Waals surface area contributed by atoms with Crippen molar-refractivity contribution in [1.82, 2.24) is 19.5 Å². The van der Waals surface area contributed by atoms with Crippen LogP contribution in [0.2, 0.25) is 0 Å². The Bertz CT molecular complexity index is 1390. The van der Waals surface area contributed by atoms with Crippen LogP contribution in [0.3, 0.4) is 0 Å². The summed E-state index contributed by atoms with van der Waals surface area (Å²) in [6, 6.07) is 3.07. The number of nitrogens with two attached hydrogens (primary N) is 1. The number of nitrogens with zero attached hydrogens (tertiary/aromatic N) is 5. The van der Waals surface area contributed by atoms with Crippen molar-refractivity contribution in [1.29, 1.82) is 5.26 Å². The number of nitriles is 1. The van der Waals surface area contributed by atoms with E-state index in [0.29, 0.717) is 53.4 Å². The van der Waals surface area contributed by atoms with E-state index in [2.05, 4.69) is 16.4 Å². The first-order chi connectivity index (χ1) is 16.4. The minimum absolute atomic E-state index is 0.0347. The van der Waals surface area contributed by atoms with Gasteiger partial charge in [-0.05, 0) is 32.3 Å². The second-order valence-electron chi connectivity index (χ2n) is 8.99. The number of nitrogens with one attached hydrogen (secondary N) is 1. The Balaban J connectivity index is 1.53. The molecule has 178 valence electrons. The van der Waals surface area contributed by atoms with Gasteiger partial charge in [-0.15, -0.1) is 0 Å². The number of oxazole rings is 1. The third kappa shape index (κ3) is 3.64. The molecule has 10 nitrogen and oxygen atoms in total. The normalized spacial score (nSPS) is 19.0. The van der Waals surface area contributed by atoms with Crippen molar-refractivity contribution in [3.05, 3.63) is 56.6 Å². The molecule has 34 heavy (non-hydrogen) atoms. The zero-order chi connectivity index (χ0) is 24.0. The van der Waals surface area contributed by atoms with Crippen LogP contribution in [0.1, 0.15) is 49.2 Å². The number of hydrogen-bond donors (Lipinski definition) is 2. The van der Waals surface area contributed by atoms with Crippen molar-refractivity contribution >= 4 is 16.6 Å². The van der Waals surface area contributed by atoms with Crippen LogP contribution in [-0.2, 0) is 0 Å². The molecule has 2 aromatic heterocycles. The SMILES string of the molecule is Cc1c(N2CCC(C(NCCC#N)c3ncco3)C2)c(F)cc2c(=O)n(N)c(=O)n(C3CC3)c12. The first-order valence-electron chi connectivity index (χ1n) is 11.4. The number of fused-ring (bicyclic) bond motifs is 1. The molecule has 3 aromatic rings. The Hall–Kier alpha value is -3.65. The van der Waals surface area contributed by atoms with Gasteiger partial charge in [0.05, 0.1) is 34.9 Å². The highest BCUT2D eigenvalue weighted by molar-refractivity contribution is 5.87. The highest BCUT2D eigenvalue weighted by Gasteiger charge is 2.36. The number of aromatic nitrogens is 3. The summed E-state index contributed by atoms with van der Waals surface area (Å²) in [5, 5.41) is 12.4. The number of anilines is 1. The van der Waals surface area contributed by atoms with Crippen molar-refractivity contribution in [2.24, 2.45) is 5.92 Å². The van der Waals surface area contributed by atoms with Crippen molar-refractivity contribution < 1.29 is 8.81 Å². The summed E-state index contributed by atoms with van der Waals surface area (Å²) < 4.78 is 23.1. The lowest BCUT2D eigenvalue weighted by molar-refractivity contribution is 0.318. The maximum absolute atomic E-state index is 15.4. The van der Waals surface area contributed by atoms with E-state index in [1.54, 1.807) is 17.7 Å². The lowest BCUT2D eigenvalue weighted by atomic mass is 9.98. The van der Waals surface area contributed by atoms with Gasteiger partial charge < -0.3 is 20.5 Å². The molecule has 1 aliphatic heterocycles. The standard InChI is InChI=1S/C23H26FN7O3/c1-13-19-16(22(32)31(26)23(33)30(19)15-3-4-15)11-17(24)20(13)29-9-5-14(12-29)18(27-7-2-6-25)21-28-8-10-34-21/h8,10-11,14-15,18,27H,2-5,7,9,12,26H2,1H3. The van der Waals surface area contributed by atoms with Crippen LogP contribution in [0.5, 0.6) is 0 Å². The minimum atomic E-state index is -0.699. The smallest absolute Gasteiger partial charge is 0.350 e. The third-order valence-electron chi connectivity index (χ3n) is 6.81. The summed E-state index contributed by atoms with van der Waals surface area (Å²) in [5.74, 6) is 5.80. The monoisotopic (exact) mass is 467 g/mol. The number of rotatable bonds is 7. The largest absolute Gasteiger partial charge is 0.447 e. The first kappa shape index (κ1) is 22.2. The van der Waals surface area contributed by atoms with Crippen LogP contribution in [0.4, 0.5) is 10.1 Å². The number of halogens is 1. The summed E-state index contributed by atoms with van der Waals surface area (Å²) in [6.45, 7) is 3.36. The van der Waals surface area contributed by atoms with Gasteiger partial charge in [-0.25, -0.2) is 14.2 Å². The molecule has 1 aliphatic carbocycles. The molecule has 0 radical (unpaired) electrons. The molecule has 0 bridgehead atoms. The molecule has 1 saturated carbocycles. The molecule has 2 unspecified atom stereocenters. The Morgan fingerprint density at radius 2 is 2.18 bits per heavy atom. The van der Waals surface area contributed by atoms with Crippen molar-refractivity contribution in [2.75, 3.05) is 30.4 Å². The van der Waals surface area contributed by atoms with Gasteiger partial charge in [0.2, 0.25) is 5.89 Å². The topological polar surface area (TPSA) is 135 Å². The van der Waals surface area contributed by atoms with Crippen LogP contribution in [0.25, 0.3) is 10.9 Å². The minimum Gasteiger partial charge on any atom is -0.447 e. The van der Waals surface area contributed by atoms with E-state index < -0.39 is 17.1 Å². The molecule has 0 amide bonds.